The molecule has 0 aromatic heterocycles. The SMILES string of the molecule is C[C@H](N)c1c(F)cccc1N1CCCCCC1. The van der Waals surface area contributed by atoms with Crippen LogP contribution in [0.3, 0.4) is 0 Å². The quantitative estimate of drug-likeness (QED) is 0.854. The summed E-state index contributed by atoms with van der Waals surface area (Å²) in [4.78, 5) is 2.29. The first kappa shape index (κ1) is 12.4. The fourth-order valence-corrected chi connectivity index (χ4v) is 2.56. The van der Waals surface area contributed by atoms with Crippen LogP contribution < -0.4 is 10.6 Å². The lowest BCUT2D eigenvalue weighted by Gasteiger charge is -2.27. The first-order valence-electron chi connectivity index (χ1n) is 6.49. The van der Waals surface area contributed by atoms with Gasteiger partial charge in [-0.15, -0.1) is 0 Å². The van der Waals surface area contributed by atoms with Crippen LogP contribution in [0.4, 0.5) is 10.1 Å². The van der Waals surface area contributed by atoms with E-state index in [2.05, 4.69) is 4.90 Å². The van der Waals surface area contributed by atoms with Crippen LogP contribution in [0.25, 0.3) is 0 Å². The van der Waals surface area contributed by atoms with Gasteiger partial charge in [-0.3, -0.25) is 0 Å². The summed E-state index contributed by atoms with van der Waals surface area (Å²) in [6.07, 6.45) is 4.93. The number of halogens is 1. The van der Waals surface area contributed by atoms with Crippen molar-refractivity contribution in [3.05, 3.63) is 29.6 Å². The number of hydrogen-bond donors (Lipinski definition) is 1. The van der Waals surface area contributed by atoms with Crippen molar-refractivity contribution in [1.82, 2.24) is 0 Å². The van der Waals surface area contributed by atoms with Crippen LogP contribution in [-0.2, 0) is 0 Å². The molecule has 0 saturated carbocycles. The standard InChI is InChI=1S/C14H21FN2/c1-11(16)14-12(15)7-6-8-13(14)17-9-4-2-3-5-10-17/h6-8,11H,2-5,9-10,16H2,1H3/t11-/m0/s1. The van der Waals surface area contributed by atoms with E-state index in [1.807, 2.05) is 13.0 Å². The van der Waals surface area contributed by atoms with Crippen molar-refractivity contribution in [2.75, 3.05) is 18.0 Å². The molecule has 17 heavy (non-hydrogen) atoms. The Labute approximate surface area is 103 Å². The van der Waals surface area contributed by atoms with E-state index in [1.54, 1.807) is 6.07 Å². The summed E-state index contributed by atoms with van der Waals surface area (Å²) in [5.41, 5.74) is 7.54. The highest BCUT2D eigenvalue weighted by atomic mass is 19.1. The first-order valence-corrected chi connectivity index (χ1v) is 6.49. The molecule has 0 aliphatic carbocycles. The Morgan fingerprint density at radius 3 is 2.41 bits per heavy atom. The van der Waals surface area contributed by atoms with E-state index in [0.717, 1.165) is 18.8 Å². The molecule has 0 unspecified atom stereocenters. The van der Waals surface area contributed by atoms with Crippen molar-refractivity contribution in [3.8, 4) is 0 Å². The average Bonchev–Trinajstić information content (AvgIpc) is 2.56. The van der Waals surface area contributed by atoms with Crippen molar-refractivity contribution in [2.24, 2.45) is 5.73 Å². The Hall–Kier alpha value is -1.09. The largest absolute Gasteiger partial charge is 0.371 e. The van der Waals surface area contributed by atoms with Gasteiger partial charge in [-0.05, 0) is 31.9 Å². The van der Waals surface area contributed by atoms with Crippen LogP contribution in [0.15, 0.2) is 18.2 Å². The molecule has 2 nitrogen and oxygen atoms in total. The van der Waals surface area contributed by atoms with Gasteiger partial charge < -0.3 is 10.6 Å². The third-order valence-electron chi connectivity index (χ3n) is 3.43. The zero-order valence-corrected chi connectivity index (χ0v) is 10.5. The number of anilines is 1. The van der Waals surface area contributed by atoms with E-state index in [4.69, 9.17) is 5.73 Å². The Morgan fingerprint density at radius 1 is 1.18 bits per heavy atom. The zero-order chi connectivity index (χ0) is 12.3. The maximum absolute atomic E-state index is 13.9. The molecule has 94 valence electrons. The van der Waals surface area contributed by atoms with Crippen LogP contribution in [0.1, 0.15) is 44.2 Å². The lowest BCUT2D eigenvalue weighted by atomic mass is 10.0. The van der Waals surface area contributed by atoms with E-state index in [-0.39, 0.29) is 11.9 Å². The van der Waals surface area contributed by atoms with Gasteiger partial charge in [0, 0.05) is 30.4 Å². The van der Waals surface area contributed by atoms with Crippen molar-refractivity contribution in [3.63, 3.8) is 0 Å². The molecule has 1 heterocycles. The molecule has 2 N–H and O–H groups in total. The Morgan fingerprint density at radius 2 is 1.82 bits per heavy atom. The molecule has 2 rings (SSSR count). The molecule has 0 amide bonds. The summed E-state index contributed by atoms with van der Waals surface area (Å²) in [5.74, 6) is -0.179. The van der Waals surface area contributed by atoms with Crippen LogP contribution in [0, 0.1) is 5.82 Å². The lowest BCUT2D eigenvalue weighted by Crippen LogP contribution is -2.26. The topological polar surface area (TPSA) is 29.3 Å². The van der Waals surface area contributed by atoms with Gasteiger partial charge in [0.15, 0.2) is 0 Å². The summed E-state index contributed by atoms with van der Waals surface area (Å²) in [6, 6.07) is 5.02. The molecule has 0 bridgehead atoms. The number of benzene rings is 1. The fourth-order valence-electron chi connectivity index (χ4n) is 2.56. The number of hydrogen-bond acceptors (Lipinski definition) is 2. The summed E-state index contributed by atoms with van der Waals surface area (Å²) in [6.45, 7) is 3.88. The maximum Gasteiger partial charge on any atom is 0.130 e. The molecule has 1 aromatic rings. The highest BCUT2D eigenvalue weighted by Crippen LogP contribution is 2.29. The van der Waals surface area contributed by atoms with Crippen LogP contribution in [0.5, 0.6) is 0 Å². The Kier molecular flexibility index (Phi) is 4.00. The van der Waals surface area contributed by atoms with Gasteiger partial charge in [0.1, 0.15) is 5.82 Å². The van der Waals surface area contributed by atoms with E-state index >= 15 is 0 Å². The third-order valence-corrected chi connectivity index (χ3v) is 3.43. The summed E-state index contributed by atoms with van der Waals surface area (Å²) < 4.78 is 13.9. The van der Waals surface area contributed by atoms with Gasteiger partial charge in [0.05, 0.1) is 0 Å². The van der Waals surface area contributed by atoms with Crippen LogP contribution in [-0.4, -0.2) is 13.1 Å². The molecular weight excluding hydrogens is 215 g/mol. The minimum atomic E-state index is -0.255. The van der Waals surface area contributed by atoms with E-state index in [1.165, 1.54) is 31.7 Å². The van der Waals surface area contributed by atoms with Crippen molar-refractivity contribution < 1.29 is 4.39 Å². The minimum Gasteiger partial charge on any atom is -0.371 e. The van der Waals surface area contributed by atoms with Crippen molar-refractivity contribution >= 4 is 5.69 Å². The molecule has 3 heteroatoms. The van der Waals surface area contributed by atoms with Crippen LogP contribution in [0.2, 0.25) is 0 Å². The lowest BCUT2D eigenvalue weighted by molar-refractivity contribution is 0.591. The summed E-state index contributed by atoms with van der Waals surface area (Å²) >= 11 is 0. The molecule has 1 aliphatic heterocycles. The van der Waals surface area contributed by atoms with Gasteiger partial charge in [-0.25, -0.2) is 4.39 Å². The Bertz CT molecular complexity index is 368. The Balaban J connectivity index is 2.32. The third kappa shape index (κ3) is 2.78. The van der Waals surface area contributed by atoms with Crippen molar-refractivity contribution in [2.45, 2.75) is 38.6 Å². The second kappa shape index (κ2) is 5.50. The second-order valence-corrected chi connectivity index (χ2v) is 4.86. The molecule has 1 atom stereocenters. The normalized spacial score (nSPS) is 18.9. The van der Waals surface area contributed by atoms with E-state index < -0.39 is 0 Å². The fraction of sp³-hybridized carbons (Fsp3) is 0.571. The predicted molar refractivity (Wildman–Crippen MR) is 69.7 cm³/mol. The summed E-state index contributed by atoms with van der Waals surface area (Å²) in [7, 11) is 0. The molecule has 1 aromatic carbocycles. The molecule has 1 aliphatic rings. The molecule has 0 spiro atoms. The van der Waals surface area contributed by atoms with Gasteiger partial charge >= 0.3 is 0 Å². The molecule has 1 fully saturated rings. The number of nitrogens with zero attached hydrogens (tertiary/aromatic N) is 1. The van der Waals surface area contributed by atoms with E-state index in [9.17, 15) is 4.39 Å². The zero-order valence-electron chi connectivity index (χ0n) is 10.5. The number of rotatable bonds is 2. The smallest absolute Gasteiger partial charge is 0.130 e. The van der Waals surface area contributed by atoms with Crippen LogP contribution >= 0.6 is 0 Å². The van der Waals surface area contributed by atoms with Gasteiger partial charge in [0.2, 0.25) is 0 Å². The van der Waals surface area contributed by atoms with Gasteiger partial charge in [-0.1, -0.05) is 18.9 Å². The second-order valence-electron chi connectivity index (χ2n) is 4.86. The predicted octanol–water partition coefficient (Wildman–Crippen LogP) is 3.23. The number of nitrogens with two attached hydrogens (primary N) is 1. The molecule has 0 radical (unpaired) electrons. The molecule has 1 saturated heterocycles. The average molecular weight is 236 g/mol. The molecular formula is C14H21FN2. The van der Waals surface area contributed by atoms with Gasteiger partial charge in [-0.2, -0.15) is 0 Å². The highest BCUT2D eigenvalue weighted by Gasteiger charge is 2.18. The first-order chi connectivity index (χ1) is 8.20. The minimum absolute atomic E-state index is 0.179. The highest BCUT2D eigenvalue weighted by molar-refractivity contribution is 5.55. The maximum atomic E-state index is 13.9. The van der Waals surface area contributed by atoms with Crippen molar-refractivity contribution in [1.29, 1.82) is 0 Å². The van der Waals surface area contributed by atoms with E-state index in [0.29, 0.717) is 5.56 Å². The summed E-state index contributed by atoms with van der Waals surface area (Å²) in [5, 5.41) is 0. The monoisotopic (exact) mass is 236 g/mol. The van der Waals surface area contributed by atoms with Gasteiger partial charge in [0.25, 0.3) is 0 Å².